The molecular formula is C15H16BrF2NO4. The topological polar surface area (TPSA) is 64.6 Å². The number of carbonyl (C=O) groups excluding carboxylic acids is 2. The van der Waals surface area contributed by atoms with Gasteiger partial charge in [-0.05, 0) is 21.5 Å². The second-order valence-corrected chi connectivity index (χ2v) is 5.57. The summed E-state index contributed by atoms with van der Waals surface area (Å²) in [7, 11) is 0.940. The fourth-order valence-corrected chi connectivity index (χ4v) is 2.23. The predicted molar refractivity (Wildman–Crippen MR) is 83.2 cm³/mol. The molecule has 1 unspecified atom stereocenters. The minimum absolute atomic E-state index is 0.133. The molecule has 1 amide bonds. The number of methoxy groups -OCH3 is 1. The Morgan fingerprint density at radius 1 is 1.35 bits per heavy atom. The van der Waals surface area contributed by atoms with E-state index < -0.39 is 28.9 Å². The Kier molecular flexibility index (Phi) is 6.68. The van der Waals surface area contributed by atoms with E-state index in [1.54, 1.807) is 30.3 Å². The minimum Gasteiger partial charge on any atom is -0.467 e. The number of benzene rings is 1. The predicted octanol–water partition coefficient (Wildman–Crippen LogP) is 3.39. The molecule has 5 nitrogen and oxygen atoms in total. The SMILES string of the molecule is C=CCC(NC(=O)OCc1ccccc1)(C(=O)OC)C(F)(F)Br. The monoisotopic (exact) mass is 391 g/mol. The molecule has 1 atom stereocenters. The van der Waals surface area contributed by atoms with Gasteiger partial charge in [0.15, 0.2) is 0 Å². The number of alkyl halides is 3. The number of amides is 1. The third kappa shape index (κ3) is 4.75. The van der Waals surface area contributed by atoms with Crippen molar-refractivity contribution in [1.29, 1.82) is 0 Å². The highest BCUT2D eigenvalue weighted by atomic mass is 79.9. The third-order valence-corrected chi connectivity index (χ3v) is 3.67. The first-order chi connectivity index (χ1) is 10.8. The van der Waals surface area contributed by atoms with Crippen molar-refractivity contribution in [2.24, 2.45) is 0 Å². The lowest BCUT2D eigenvalue weighted by Gasteiger charge is -2.34. The van der Waals surface area contributed by atoms with Crippen molar-refractivity contribution in [2.45, 2.75) is 23.4 Å². The molecule has 1 aromatic rings. The van der Waals surface area contributed by atoms with Crippen molar-refractivity contribution in [2.75, 3.05) is 7.11 Å². The third-order valence-electron chi connectivity index (χ3n) is 3.00. The van der Waals surface area contributed by atoms with Crippen LogP contribution in [0.1, 0.15) is 12.0 Å². The Bertz CT molecular complexity index is 562. The van der Waals surface area contributed by atoms with Gasteiger partial charge in [0, 0.05) is 6.42 Å². The van der Waals surface area contributed by atoms with Crippen molar-refractivity contribution in [3.63, 3.8) is 0 Å². The largest absolute Gasteiger partial charge is 0.467 e. The van der Waals surface area contributed by atoms with Crippen molar-refractivity contribution in [3.8, 4) is 0 Å². The van der Waals surface area contributed by atoms with Crippen molar-refractivity contribution >= 4 is 28.0 Å². The van der Waals surface area contributed by atoms with Gasteiger partial charge in [-0.2, -0.15) is 8.78 Å². The maximum atomic E-state index is 13.9. The van der Waals surface area contributed by atoms with Crippen molar-refractivity contribution < 1.29 is 27.8 Å². The van der Waals surface area contributed by atoms with Crippen LogP contribution in [0.15, 0.2) is 43.0 Å². The summed E-state index contributed by atoms with van der Waals surface area (Å²) in [5, 5.41) is 1.89. The Labute approximate surface area is 140 Å². The molecule has 0 saturated carbocycles. The highest BCUT2D eigenvalue weighted by molar-refractivity contribution is 9.10. The molecule has 0 bridgehead atoms. The van der Waals surface area contributed by atoms with E-state index in [-0.39, 0.29) is 6.61 Å². The maximum Gasteiger partial charge on any atom is 0.408 e. The van der Waals surface area contributed by atoms with Gasteiger partial charge in [-0.15, -0.1) is 6.58 Å². The van der Waals surface area contributed by atoms with E-state index in [0.717, 1.165) is 13.2 Å². The Morgan fingerprint density at radius 2 is 1.96 bits per heavy atom. The number of rotatable bonds is 7. The summed E-state index contributed by atoms with van der Waals surface area (Å²) in [5.74, 6) is -1.32. The molecule has 0 aromatic heterocycles. The molecule has 23 heavy (non-hydrogen) atoms. The number of halogens is 3. The number of ether oxygens (including phenoxy) is 2. The van der Waals surface area contributed by atoms with E-state index in [0.29, 0.717) is 5.56 Å². The Balaban J connectivity index is 2.89. The van der Waals surface area contributed by atoms with Crippen LogP contribution in [0.4, 0.5) is 13.6 Å². The van der Waals surface area contributed by atoms with Gasteiger partial charge in [-0.3, -0.25) is 5.32 Å². The average Bonchev–Trinajstić information content (AvgIpc) is 2.51. The molecule has 0 heterocycles. The van der Waals surface area contributed by atoms with Gasteiger partial charge in [0.1, 0.15) is 6.61 Å². The second kappa shape index (κ2) is 8.05. The molecular weight excluding hydrogens is 376 g/mol. The maximum absolute atomic E-state index is 13.9. The van der Waals surface area contributed by atoms with Gasteiger partial charge >= 0.3 is 16.9 Å². The summed E-state index contributed by atoms with van der Waals surface area (Å²) in [6, 6.07) is 8.65. The van der Waals surface area contributed by atoms with Gasteiger partial charge in [0.25, 0.3) is 0 Å². The van der Waals surface area contributed by atoms with Crippen LogP contribution >= 0.6 is 15.9 Å². The summed E-state index contributed by atoms with van der Waals surface area (Å²) in [6.07, 6.45) is -0.665. The van der Waals surface area contributed by atoms with E-state index >= 15 is 0 Å². The van der Waals surface area contributed by atoms with Crippen molar-refractivity contribution in [3.05, 3.63) is 48.6 Å². The highest BCUT2D eigenvalue weighted by Crippen LogP contribution is 2.38. The van der Waals surface area contributed by atoms with Crippen LogP contribution in [0.25, 0.3) is 0 Å². The van der Waals surface area contributed by atoms with E-state index in [4.69, 9.17) is 4.74 Å². The summed E-state index contributed by atoms with van der Waals surface area (Å²) in [5.41, 5.74) is -1.99. The van der Waals surface area contributed by atoms with Gasteiger partial charge < -0.3 is 9.47 Å². The lowest BCUT2D eigenvalue weighted by molar-refractivity contribution is -0.157. The summed E-state index contributed by atoms with van der Waals surface area (Å²) < 4.78 is 37.0. The number of hydrogen-bond donors (Lipinski definition) is 1. The quantitative estimate of drug-likeness (QED) is 0.439. The first kappa shape index (κ1) is 19.1. The van der Waals surface area contributed by atoms with E-state index in [2.05, 4.69) is 27.2 Å². The standard InChI is InChI=1S/C15H16BrF2NO4/c1-3-9-14(12(20)22-2,15(16,17)18)19-13(21)23-10-11-7-5-4-6-8-11/h3-8H,1,9-10H2,2H3,(H,19,21). The van der Waals surface area contributed by atoms with Gasteiger partial charge in [0.05, 0.1) is 7.11 Å². The molecule has 1 aromatic carbocycles. The lowest BCUT2D eigenvalue weighted by Crippen LogP contribution is -2.63. The van der Waals surface area contributed by atoms with Crippen LogP contribution < -0.4 is 5.32 Å². The zero-order valence-electron chi connectivity index (χ0n) is 12.4. The van der Waals surface area contributed by atoms with Crippen molar-refractivity contribution in [1.82, 2.24) is 5.32 Å². The van der Waals surface area contributed by atoms with Crippen LogP contribution in [0.5, 0.6) is 0 Å². The summed E-state index contributed by atoms with van der Waals surface area (Å²) in [4.78, 5) is 19.9. The normalized spacial score (nSPS) is 13.6. The molecule has 0 aliphatic rings. The van der Waals surface area contributed by atoms with Crippen LogP contribution in [0.3, 0.4) is 0 Å². The Hall–Kier alpha value is -1.96. The van der Waals surface area contributed by atoms with Crippen LogP contribution in [0, 0.1) is 0 Å². The molecule has 1 rings (SSSR count). The Morgan fingerprint density at radius 3 is 2.43 bits per heavy atom. The molecule has 0 aliphatic heterocycles. The molecule has 0 fully saturated rings. The molecule has 126 valence electrons. The number of nitrogens with one attached hydrogen (secondary N) is 1. The van der Waals surface area contributed by atoms with E-state index in [1.165, 1.54) is 0 Å². The molecule has 0 spiro atoms. The first-order valence-corrected chi connectivity index (χ1v) is 7.31. The number of esters is 1. The number of alkyl carbamates (subject to hydrolysis) is 1. The van der Waals surface area contributed by atoms with Crippen LogP contribution in [-0.4, -0.2) is 29.5 Å². The van der Waals surface area contributed by atoms with Gasteiger partial charge in [0.2, 0.25) is 5.54 Å². The van der Waals surface area contributed by atoms with E-state index in [9.17, 15) is 18.4 Å². The van der Waals surface area contributed by atoms with Crippen LogP contribution in [-0.2, 0) is 20.9 Å². The fraction of sp³-hybridized carbons (Fsp3) is 0.333. The average molecular weight is 392 g/mol. The van der Waals surface area contributed by atoms with E-state index in [1.807, 2.05) is 5.32 Å². The number of hydrogen-bond acceptors (Lipinski definition) is 4. The molecule has 0 saturated heterocycles. The fourth-order valence-electron chi connectivity index (χ4n) is 1.81. The molecule has 8 heteroatoms. The minimum atomic E-state index is -3.77. The first-order valence-electron chi connectivity index (χ1n) is 6.51. The van der Waals surface area contributed by atoms with Gasteiger partial charge in [-0.1, -0.05) is 36.4 Å². The molecule has 0 aliphatic carbocycles. The smallest absolute Gasteiger partial charge is 0.408 e. The van der Waals surface area contributed by atoms with Gasteiger partial charge in [-0.25, -0.2) is 9.59 Å². The summed E-state index contributed by atoms with van der Waals surface area (Å²) >= 11 is 2.12. The number of carbonyl (C=O) groups is 2. The molecule has 0 radical (unpaired) electrons. The van der Waals surface area contributed by atoms with Crippen LogP contribution in [0.2, 0.25) is 0 Å². The molecule has 1 N–H and O–H groups in total. The zero-order valence-corrected chi connectivity index (χ0v) is 13.9. The highest BCUT2D eigenvalue weighted by Gasteiger charge is 2.59. The zero-order chi connectivity index (χ0) is 17.5. The summed E-state index contributed by atoms with van der Waals surface area (Å²) in [6.45, 7) is 3.19. The lowest BCUT2D eigenvalue weighted by atomic mass is 9.96. The second-order valence-electron chi connectivity index (χ2n) is 4.57.